The van der Waals surface area contributed by atoms with E-state index in [1.165, 1.54) is 11.1 Å². The summed E-state index contributed by atoms with van der Waals surface area (Å²) in [6.45, 7) is 0. The second kappa shape index (κ2) is 5.51. The molecule has 0 saturated carbocycles. The fourth-order valence-electron chi connectivity index (χ4n) is 2.19. The van der Waals surface area contributed by atoms with Crippen LogP contribution in [0.2, 0.25) is 0 Å². The number of rotatable bonds is 2. The molecule has 0 aliphatic heterocycles. The molecule has 0 atom stereocenters. The smallest absolute Gasteiger partial charge is 0.115 e. The number of halogens is 1. The van der Waals surface area contributed by atoms with E-state index in [1.54, 1.807) is 12.1 Å². The highest BCUT2D eigenvalue weighted by Gasteiger charge is 2.03. The summed E-state index contributed by atoms with van der Waals surface area (Å²) >= 11 is 3.58. The van der Waals surface area contributed by atoms with Crippen molar-refractivity contribution in [3.63, 3.8) is 0 Å². The second-order valence-corrected chi connectivity index (χ2v) is 5.46. The van der Waals surface area contributed by atoms with Gasteiger partial charge in [0.15, 0.2) is 0 Å². The molecule has 0 fully saturated rings. The van der Waals surface area contributed by atoms with Gasteiger partial charge in [0.25, 0.3) is 0 Å². The molecule has 2 heteroatoms. The van der Waals surface area contributed by atoms with Crippen LogP contribution < -0.4 is 0 Å². The van der Waals surface area contributed by atoms with Gasteiger partial charge in [0.05, 0.1) is 0 Å². The zero-order valence-corrected chi connectivity index (χ0v) is 12.3. The third-order valence-corrected chi connectivity index (χ3v) is 3.96. The van der Waals surface area contributed by atoms with Crippen LogP contribution in [0.25, 0.3) is 22.3 Å². The van der Waals surface area contributed by atoms with Gasteiger partial charge in [-0.05, 0) is 40.5 Å². The predicted molar refractivity (Wildman–Crippen MR) is 86.7 cm³/mol. The van der Waals surface area contributed by atoms with Crippen LogP contribution in [0.4, 0.5) is 0 Å². The van der Waals surface area contributed by atoms with Crippen LogP contribution in [-0.2, 0) is 0 Å². The molecule has 3 rings (SSSR count). The maximum atomic E-state index is 9.32. The standard InChI is InChI=1S/C18H13BrO/c19-18-4-2-1-3-17(18)15-7-5-13(6-8-15)14-9-11-16(20)12-10-14/h1-12,20H. The quantitative estimate of drug-likeness (QED) is 0.661. The third-order valence-electron chi connectivity index (χ3n) is 3.27. The van der Waals surface area contributed by atoms with E-state index in [0.29, 0.717) is 5.75 Å². The number of aromatic hydroxyl groups is 1. The molecule has 0 spiro atoms. The van der Waals surface area contributed by atoms with E-state index in [-0.39, 0.29) is 0 Å². The molecule has 98 valence electrons. The van der Waals surface area contributed by atoms with Gasteiger partial charge in [-0.25, -0.2) is 0 Å². The van der Waals surface area contributed by atoms with Crippen molar-refractivity contribution >= 4 is 15.9 Å². The van der Waals surface area contributed by atoms with Crippen molar-refractivity contribution in [3.8, 4) is 28.0 Å². The van der Waals surface area contributed by atoms with Crippen molar-refractivity contribution in [1.29, 1.82) is 0 Å². The van der Waals surface area contributed by atoms with E-state index in [9.17, 15) is 5.11 Å². The highest BCUT2D eigenvalue weighted by atomic mass is 79.9. The van der Waals surface area contributed by atoms with Gasteiger partial charge in [-0.3, -0.25) is 0 Å². The maximum absolute atomic E-state index is 9.32. The van der Waals surface area contributed by atoms with Gasteiger partial charge in [0.1, 0.15) is 5.75 Å². The minimum Gasteiger partial charge on any atom is -0.508 e. The SMILES string of the molecule is Oc1ccc(-c2ccc(-c3ccccc3Br)cc2)cc1. The molecular weight excluding hydrogens is 312 g/mol. The average Bonchev–Trinajstić information content (AvgIpc) is 2.49. The van der Waals surface area contributed by atoms with Crippen molar-refractivity contribution in [2.75, 3.05) is 0 Å². The number of hydrogen-bond acceptors (Lipinski definition) is 1. The lowest BCUT2D eigenvalue weighted by molar-refractivity contribution is 0.475. The monoisotopic (exact) mass is 324 g/mol. The van der Waals surface area contributed by atoms with Crippen molar-refractivity contribution in [2.45, 2.75) is 0 Å². The molecule has 0 saturated heterocycles. The van der Waals surface area contributed by atoms with Crippen LogP contribution in [0, 0.1) is 0 Å². The summed E-state index contributed by atoms with van der Waals surface area (Å²) < 4.78 is 1.09. The maximum Gasteiger partial charge on any atom is 0.115 e. The van der Waals surface area contributed by atoms with E-state index in [1.807, 2.05) is 30.3 Å². The molecule has 0 unspecified atom stereocenters. The number of hydrogen-bond donors (Lipinski definition) is 1. The molecule has 1 N–H and O–H groups in total. The van der Waals surface area contributed by atoms with Gasteiger partial charge in [-0.2, -0.15) is 0 Å². The van der Waals surface area contributed by atoms with Crippen molar-refractivity contribution in [1.82, 2.24) is 0 Å². The average molecular weight is 325 g/mol. The Morgan fingerprint density at radius 3 is 1.70 bits per heavy atom. The van der Waals surface area contributed by atoms with Gasteiger partial charge < -0.3 is 5.11 Å². The summed E-state index contributed by atoms with van der Waals surface area (Å²) in [5.41, 5.74) is 4.60. The molecule has 3 aromatic carbocycles. The van der Waals surface area contributed by atoms with Gasteiger partial charge >= 0.3 is 0 Å². The Hall–Kier alpha value is -2.06. The van der Waals surface area contributed by atoms with E-state index in [2.05, 4.69) is 46.3 Å². The Morgan fingerprint density at radius 1 is 0.600 bits per heavy atom. The number of phenolic OH excluding ortho intramolecular Hbond substituents is 1. The summed E-state index contributed by atoms with van der Waals surface area (Å²) in [5, 5.41) is 9.32. The Bertz CT molecular complexity index is 715. The Labute approximate surface area is 126 Å². The molecular formula is C18H13BrO. The second-order valence-electron chi connectivity index (χ2n) is 4.60. The fraction of sp³-hybridized carbons (Fsp3) is 0. The first-order valence-electron chi connectivity index (χ1n) is 6.38. The lowest BCUT2D eigenvalue weighted by Gasteiger charge is -2.07. The Kier molecular flexibility index (Phi) is 3.57. The summed E-state index contributed by atoms with van der Waals surface area (Å²) in [7, 11) is 0. The highest BCUT2D eigenvalue weighted by Crippen LogP contribution is 2.30. The first-order chi connectivity index (χ1) is 9.74. The normalized spacial score (nSPS) is 10.4. The van der Waals surface area contributed by atoms with Crippen LogP contribution >= 0.6 is 15.9 Å². The first kappa shape index (κ1) is 12.9. The van der Waals surface area contributed by atoms with Crippen LogP contribution in [-0.4, -0.2) is 5.11 Å². The van der Waals surface area contributed by atoms with Crippen LogP contribution in [0.3, 0.4) is 0 Å². The molecule has 3 aromatic rings. The molecule has 0 aliphatic carbocycles. The summed E-state index contributed by atoms with van der Waals surface area (Å²) in [5.74, 6) is 0.290. The fourth-order valence-corrected chi connectivity index (χ4v) is 2.71. The van der Waals surface area contributed by atoms with Crippen molar-refractivity contribution < 1.29 is 5.11 Å². The van der Waals surface area contributed by atoms with Gasteiger partial charge in [-0.15, -0.1) is 0 Å². The summed E-state index contributed by atoms with van der Waals surface area (Å²) in [6.07, 6.45) is 0. The lowest BCUT2D eigenvalue weighted by Crippen LogP contribution is -1.81. The molecule has 0 heterocycles. The molecule has 0 amide bonds. The zero-order valence-electron chi connectivity index (χ0n) is 10.8. The third kappa shape index (κ3) is 2.61. The van der Waals surface area contributed by atoms with Crippen LogP contribution in [0.15, 0.2) is 77.3 Å². The molecule has 0 bridgehead atoms. The van der Waals surface area contributed by atoms with E-state index < -0.39 is 0 Å². The van der Waals surface area contributed by atoms with E-state index in [4.69, 9.17) is 0 Å². The van der Waals surface area contributed by atoms with Crippen LogP contribution in [0.1, 0.15) is 0 Å². The van der Waals surface area contributed by atoms with E-state index >= 15 is 0 Å². The predicted octanol–water partition coefficient (Wildman–Crippen LogP) is 5.49. The first-order valence-corrected chi connectivity index (χ1v) is 7.18. The molecule has 0 aromatic heterocycles. The van der Waals surface area contributed by atoms with E-state index in [0.717, 1.165) is 15.6 Å². The zero-order chi connectivity index (χ0) is 13.9. The molecule has 0 aliphatic rings. The Balaban J connectivity index is 1.96. The summed E-state index contributed by atoms with van der Waals surface area (Å²) in [6, 6.07) is 23.9. The molecule has 20 heavy (non-hydrogen) atoms. The van der Waals surface area contributed by atoms with Gasteiger partial charge in [0, 0.05) is 4.47 Å². The van der Waals surface area contributed by atoms with Gasteiger partial charge in [-0.1, -0.05) is 70.5 Å². The minimum atomic E-state index is 0.290. The van der Waals surface area contributed by atoms with Crippen LogP contribution in [0.5, 0.6) is 5.75 Å². The van der Waals surface area contributed by atoms with Gasteiger partial charge in [0.2, 0.25) is 0 Å². The molecule has 1 nitrogen and oxygen atoms in total. The summed E-state index contributed by atoms with van der Waals surface area (Å²) in [4.78, 5) is 0. The van der Waals surface area contributed by atoms with Crippen molar-refractivity contribution in [2.24, 2.45) is 0 Å². The highest BCUT2D eigenvalue weighted by molar-refractivity contribution is 9.10. The molecule has 0 radical (unpaired) electrons. The number of phenols is 1. The largest absolute Gasteiger partial charge is 0.508 e. The minimum absolute atomic E-state index is 0.290. The topological polar surface area (TPSA) is 20.2 Å². The van der Waals surface area contributed by atoms with Crippen molar-refractivity contribution in [3.05, 3.63) is 77.3 Å². The Morgan fingerprint density at radius 2 is 1.10 bits per heavy atom. The lowest BCUT2D eigenvalue weighted by atomic mass is 10.0. The number of benzene rings is 3.